The zero-order valence-electron chi connectivity index (χ0n) is 14.1. The van der Waals surface area contributed by atoms with Gasteiger partial charge in [0.05, 0.1) is 6.04 Å². The molecule has 0 radical (unpaired) electrons. The second-order valence-electron chi connectivity index (χ2n) is 7.20. The summed E-state index contributed by atoms with van der Waals surface area (Å²) in [6.07, 6.45) is -0.832. The normalized spacial score (nSPS) is 19.7. The van der Waals surface area contributed by atoms with Gasteiger partial charge in [0.1, 0.15) is 0 Å². The van der Waals surface area contributed by atoms with Crippen molar-refractivity contribution < 1.29 is 9.90 Å². The summed E-state index contributed by atoms with van der Waals surface area (Å²) in [5.74, 6) is 0. The molecule has 0 aliphatic carbocycles. The third-order valence-electron chi connectivity index (χ3n) is 4.38. The second kappa shape index (κ2) is 6.93. The van der Waals surface area contributed by atoms with Crippen LogP contribution in [0, 0.1) is 5.41 Å². The van der Waals surface area contributed by atoms with E-state index in [-0.39, 0.29) is 11.5 Å². The van der Waals surface area contributed by atoms with Crippen molar-refractivity contribution in [3.8, 4) is 0 Å². The molecular formula is C18H25ClN2O2. The first kappa shape index (κ1) is 17.8. The van der Waals surface area contributed by atoms with Crippen LogP contribution in [0.25, 0.3) is 5.57 Å². The third kappa shape index (κ3) is 4.49. The van der Waals surface area contributed by atoms with Gasteiger partial charge in [0, 0.05) is 31.2 Å². The van der Waals surface area contributed by atoms with Crippen molar-refractivity contribution in [3.05, 3.63) is 41.4 Å². The number of benzene rings is 1. The van der Waals surface area contributed by atoms with Gasteiger partial charge in [-0.1, -0.05) is 51.1 Å². The van der Waals surface area contributed by atoms with Gasteiger partial charge in [0.15, 0.2) is 0 Å². The van der Waals surface area contributed by atoms with E-state index in [4.69, 9.17) is 11.6 Å². The molecule has 1 saturated heterocycles. The maximum atomic E-state index is 11.5. The molecular weight excluding hydrogens is 312 g/mol. The van der Waals surface area contributed by atoms with Gasteiger partial charge in [-0.3, -0.25) is 4.90 Å². The van der Waals surface area contributed by atoms with Crippen LogP contribution in [0.5, 0.6) is 0 Å². The lowest BCUT2D eigenvalue weighted by Crippen LogP contribution is -2.59. The molecule has 1 amide bonds. The summed E-state index contributed by atoms with van der Waals surface area (Å²) in [5, 5.41) is 10.1. The fourth-order valence-electron chi connectivity index (χ4n) is 3.00. The number of amides is 1. The molecule has 1 atom stereocenters. The molecule has 0 aromatic heterocycles. The highest BCUT2D eigenvalue weighted by atomic mass is 35.5. The molecule has 1 aromatic carbocycles. The van der Waals surface area contributed by atoms with Crippen LogP contribution < -0.4 is 0 Å². The summed E-state index contributed by atoms with van der Waals surface area (Å²) < 4.78 is 0. The summed E-state index contributed by atoms with van der Waals surface area (Å²) in [6.45, 7) is 13.2. The van der Waals surface area contributed by atoms with Crippen molar-refractivity contribution in [2.75, 3.05) is 26.2 Å². The van der Waals surface area contributed by atoms with E-state index in [2.05, 4.69) is 32.3 Å². The van der Waals surface area contributed by atoms with Gasteiger partial charge >= 0.3 is 6.09 Å². The lowest BCUT2D eigenvalue weighted by Gasteiger charge is -2.46. The van der Waals surface area contributed by atoms with E-state index in [0.717, 1.165) is 30.8 Å². The third-order valence-corrected chi connectivity index (χ3v) is 4.63. The molecule has 1 N–H and O–H groups in total. The average molecular weight is 337 g/mol. The van der Waals surface area contributed by atoms with Crippen molar-refractivity contribution >= 4 is 23.3 Å². The molecule has 1 heterocycles. The van der Waals surface area contributed by atoms with Crippen molar-refractivity contribution in [1.29, 1.82) is 0 Å². The standard InChI is InChI=1S/C18H25ClN2O2/c1-13(14-5-7-15(19)8-6-14)11-20-9-10-21(17(22)23)16(12-20)18(2,3)4/h5-8,16H,1,9-12H2,2-4H3,(H,22,23). The molecule has 2 rings (SSSR count). The summed E-state index contributed by atoms with van der Waals surface area (Å²) in [6, 6.07) is 7.65. The quantitative estimate of drug-likeness (QED) is 0.905. The molecule has 1 fully saturated rings. The molecule has 1 aliphatic heterocycles. The van der Waals surface area contributed by atoms with Crippen molar-refractivity contribution in [1.82, 2.24) is 9.80 Å². The monoisotopic (exact) mass is 336 g/mol. The molecule has 5 heteroatoms. The Bertz CT molecular complexity index is 578. The Morgan fingerprint density at radius 2 is 1.91 bits per heavy atom. The predicted octanol–water partition coefficient (Wildman–Crippen LogP) is 4.06. The Kier molecular flexibility index (Phi) is 5.37. The number of nitrogens with zero attached hydrogens (tertiary/aromatic N) is 2. The predicted molar refractivity (Wildman–Crippen MR) is 94.9 cm³/mol. The highest BCUT2D eigenvalue weighted by molar-refractivity contribution is 6.30. The Hall–Kier alpha value is -1.52. The molecule has 0 spiro atoms. The zero-order chi connectivity index (χ0) is 17.2. The van der Waals surface area contributed by atoms with E-state index in [1.165, 1.54) is 0 Å². The first-order valence-corrected chi connectivity index (χ1v) is 8.22. The number of hydrogen-bond donors (Lipinski definition) is 1. The fraction of sp³-hybridized carbons (Fsp3) is 0.500. The van der Waals surface area contributed by atoms with Crippen LogP contribution in [0.3, 0.4) is 0 Å². The fourth-order valence-corrected chi connectivity index (χ4v) is 3.13. The lowest BCUT2D eigenvalue weighted by molar-refractivity contribution is 0.0264. The van der Waals surface area contributed by atoms with E-state index in [1.54, 1.807) is 4.90 Å². The minimum absolute atomic E-state index is 0.0215. The Morgan fingerprint density at radius 3 is 2.43 bits per heavy atom. The van der Waals surface area contributed by atoms with E-state index in [9.17, 15) is 9.90 Å². The SMILES string of the molecule is C=C(CN1CCN(C(=O)O)C(C(C)(C)C)C1)c1ccc(Cl)cc1. The Labute approximate surface area is 143 Å². The first-order valence-electron chi connectivity index (χ1n) is 7.84. The molecule has 1 unspecified atom stereocenters. The zero-order valence-corrected chi connectivity index (χ0v) is 14.8. The Balaban J connectivity index is 2.05. The van der Waals surface area contributed by atoms with Gasteiger partial charge in [0.25, 0.3) is 0 Å². The number of rotatable bonds is 3. The van der Waals surface area contributed by atoms with Crippen LogP contribution in [0.15, 0.2) is 30.8 Å². The largest absolute Gasteiger partial charge is 0.465 e. The molecule has 1 aliphatic rings. The van der Waals surface area contributed by atoms with Gasteiger partial charge in [0.2, 0.25) is 0 Å². The van der Waals surface area contributed by atoms with Crippen LogP contribution in [0.1, 0.15) is 26.3 Å². The molecule has 1 aromatic rings. The number of piperazine rings is 1. The molecule has 0 saturated carbocycles. The van der Waals surface area contributed by atoms with E-state index in [0.29, 0.717) is 11.6 Å². The van der Waals surface area contributed by atoms with Gasteiger partial charge in [-0.05, 0) is 28.7 Å². The van der Waals surface area contributed by atoms with Gasteiger partial charge in [-0.2, -0.15) is 0 Å². The lowest BCUT2D eigenvalue weighted by atomic mass is 9.84. The topological polar surface area (TPSA) is 43.8 Å². The van der Waals surface area contributed by atoms with Crippen LogP contribution in [-0.4, -0.2) is 53.2 Å². The second-order valence-corrected chi connectivity index (χ2v) is 7.64. The summed E-state index contributed by atoms with van der Waals surface area (Å²) in [5.41, 5.74) is 2.00. The van der Waals surface area contributed by atoms with Crippen LogP contribution >= 0.6 is 11.6 Å². The van der Waals surface area contributed by atoms with Gasteiger partial charge < -0.3 is 10.0 Å². The van der Waals surface area contributed by atoms with Crippen molar-refractivity contribution in [2.24, 2.45) is 5.41 Å². The number of halogens is 1. The summed E-state index contributed by atoms with van der Waals surface area (Å²) >= 11 is 5.92. The minimum Gasteiger partial charge on any atom is -0.465 e. The minimum atomic E-state index is -0.832. The van der Waals surface area contributed by atoms with E-state index >= 15 is 0 Å². The number of carboxylic acid groups (broad SMARTS) is 1. The number of carbonyl (C=O) groups is 1. The smallest absolute Gasteiger partial charge is 0.407 e. The summed E-state index contributed by atoms with van der Waals surface area (Å²) in [7, 11) is 0. The van der Waals surface area contributed by atoms with Crippen LogP contribution in [0.2, 0.25) is 5.02 Å². The average Bonchev–Trinajstić information content (AvgIpc) is 2.46. The van der Waals surface area contributed by atoms with Crippen LogP contribution in [0.4, 0.5) is 4.79 Å². The molecule has 126 valence electrons. The van der Waals surface area contributed by atoms with Gasteiger partial charge in [-0.25, -0.2) is 4.79 Å². The highest BCUT2D eigenvalue weighted by Crippen LogP contribution is 2.28. The Morgan fingerprint density at radius 1 is 1.30 bits per heavy atom. The van der Waals surface area contributed by atoms with Crippen LogP contribution in [-0.2, 0) is 0 Å². The number of hydrogen-bond acceptors (Lipinski definition) is 2. The van der Waals surface area contributed by atoms with E-state index < -0.39 is 6.09 Å². The maximum Gasteiger partial charge on any atom is 0.407 e. The van der Waals surface area contributed by atoms with Gasteiger partial charge in [-0.15, -0.1) is 0 Å². The summed E-state index contributed by atoms with van der Waals surface area (Å²) in [4.78, 5) is 15.3. The van der Waals surface area contributed by atoms with E-state index in [1.807, 2.05) is 24.3 Å². The first-order chi connectivity index (χ1) is 10.7. The molecule has 23 heavy (non-hydrogen) atoms. The van der Waals surface area contributed by atoms with Crippen molar-refractivity contribution in [2.45, 2.75) is 26.8 Å². The maximum absolute atomic E-state index is 11.5. The highest BCUT2D eigenvalue weighted by Gasteiger charge is 2.37. The molecule has 0 bridgehead atoms. The van der Waals surface area contributed by atoms with Crippen molar-refractivity contribution in [3.63, 3.8) is 0 Å². The molecule has 4 nitrogen and oxygen atoms in total.